The van der Waals surface area contributed by atoms with Gasteiger partial charge in [0.05, 0.1) is 41.6 Å². The molecular formula is C22H26N6O5S2. The van der Waals surface area contributed by atoms with E-state index in [2.05, 4.69) is 30.0 Å². The van der Waals surface area contributed by atoms with Crippen molar-refractivity contribution in [2.45, 2.75) is 37.4 Å². The maximum absolute atomic E-state index is 13.1. The summed E-state index contributed by atoms with van der Waals surface area (Å²) in [6.07, 6.45) is 6.42. The Hall–Kier alpha value is -3.16. The zero-order valence-electron chi connectivity index (χ0n) is 19.3. The third-order valence-corrected chi connectivity index (χ3v) is 7.95. The summed E-state index contributed by atoms with van der Waals surface area (Å²) in [6, 6.07) is 3.45. The minimum Gasteiger partial charge on any atom is -0.477 e. The van der Waals surface area contributed by atoms with Gasteiger partial charge in [-0.15, -0.1) is 11.3 Å². The largest absolute Gasteiger partial charge is 0.477 e. The SMILES string of the molecule is CCOc1cncc(-c2ccc(NC(=O)C(CCOC)c3csc(NS(=O)(=O)C4CC4)n3)nc2)n1. The van der Waals surface area contributed by atoms with Crippen molar-refractivity contribution >= 4 is 38.2 Å². The van der Waals surface area contributed by atoms with Crippen LogP contribution in [-0.2, 0) is 19.6 Å². The summed E-state index contributed by atoms with van der Waals surface area (Å²) in [7, 11) is -1.88. The summed E-state index contributed by atoms with van der Waals surface area (Å²) in [5.74, 6) is -0.173. The van der Waals surface area contributed by atoms with Gasteiger partial charge in [0, 0.05) is 30.9 Å². The molecule has 4 rings (SSSR count). The van der Waals surface area contributed by atoms with Crippen LogP contribution >= 0.6 is 11.3 Å². The van der Waals surface area contributed by atoms with Crippen LogP contribution in [0.1, 0.15) is 37.8 Å². The summed E-state index contributed by atoms with van der Waals surface area (Å²) in [6.45, 7) is 2.69. The molecule has 0 spiro atoms. The molecule has 0 bridgehead atoms. The van der Waals surface area contributed by atoms with E-state index in [1.165, 1.54) is 6.20 Å². The zero-order valence-corrected chi connectivity index (χ0v) is 20.9. The predicted molar refractivity (Wildman–Crippen MR) is 132 cm³/mol. The number of ether oxygens (including phenoxy) is 2. The lowest BCUT2D eigenvalue weighted by molar-refractivity contribution is -0.118. The predicted octanol–water partition coefficient (Wildman–Crippen LogP) is 3.06. The quantitative estimate of drug-likeness (QED) is 0.369. The molecule has 2 N–H and O–H groups in total. The van der Waals surface area contributed by atoms with Gasteiger partial charge in [0.25, 0.3) is 0 Å². The second-order valence-electron chi connectivity index (χ2n) is 7.85. The second kappa shape index (κ2) is 11.1. The van der Waals surface area contributed by atoms with Crippen molar-refractivity contribution in [1.82, 2.24) is 19.9 Å². The Morgan fingerprint density at radius 1 is 1.23 bits per heavy atom. The normalized spacial score (nSPS) is 14.3. The van der Waals surface area contributed by atoms with E-state index in [0.717, 1.165) is 16.9 Å². The first kappa shape index (κ1) is 24.9. The number of thiazole rings is 1. The number of pyridine rings is 1. The molecule has 1 amide bonds. The summed E-state index contributed by atoms with van der Waals surface area (Å²) in [5.41, 5.74) is 1.79. The smallest absolute Gasteiger partial charge is 0.237 e. The van der Waals surface area contributed by atoms with Crippen LogP contribution in [0.15, 0.2) is 36.1 Å². The Kier molecular flexibility index (Phi) is 7.88. The van der Waals surface area contributed by atoms with Crippen LogP contribution in [0.2, 0.25) is 0 Å². The van der Waals surface area contributed by atoms with Gasteiger partial charge in [-0.25, -0.2) is 23.4 Å². The van der Waals surface area contributed by atoms with E-state index in [1.807, 2.05) is 6.92 Å². The maximum atomic E-state index is 13.1. The number of rotatable bonds is 12. The fourth-order valence-electron chi connectivity index (χ4n) is 3.26. The summed E-state index contributed by atoms with van der Waals surface area (Å²) >= 11 is 1.15. The first-order valence-electron chi connectivity index (χ1n) is 11.1. The van der Waals surface area contributed by atoms with Crippen LogP contribution in [0.5, 0.6) is 5.88 Å². The van der Waals surface area contributed by atoms with E-state index in [-0.39, 0.29) is 16.3 Å². The zero-order chi connectivity index (χ0) is 24.8. The molecule has 1 aliphatic carbocycles. The minimum absolute atomic E-state index is 0.250. The van der Waals surface area contributed by atoms with Gasteiger partial charge < -0.3 is 14.8 Å². The van der Waals surface area contributed by atoms with Crippen molar-refractivity contribution < 1.29 is 22.7 Å². The number of amides is 1. The van der Waals surface area contributed by atoms with E-state index in [9.17, 15) is 13.2 Å². The molecule has 1 atom stereocenters. The van der Waals surface area contributed by atoms with Crippen molar-refractivity contribution in [1.29, 1.82) is 0 Å². The molecule has 35 heavy (non-hydrogen) atoms. The first-order valence-corrected chi connectivity index (χ1v) is 13.5. The van der Waals surface area contributed by atoms with Crippen molar-refractivity contribution in [3.05, 3.63) is 41.8 Å². The monoisotopic (exact) mass is 518 g/mol. The fourth-order valence-corrected chi connectivity index (χ4v) is 5.62. The maximum Gasteiger partial charge on any atom is 0.237 e. The highest BCUT2D eigenvalue weighted by atomic mass is 32.2. The van der Waals surface area contributed by atoms with E-state index in [4.69, 9.17) is 9.47 Å². The lowest BCUT2D eigenvalue weighted by Gasteiger charge is -2.14. The standard InChI is InChI=1S/C22H26N6O5S2/c1-3-33-20-12-23-11-17(25-20)14-4-7-19(24-10-14)27-21(29)16(8-9-32-2)18-13-34-22(26-18)28-35(30,31)15-5-6-15/h4,7,10-13,15-16H,3,5-6,8-9H2,1-2H3,(H,26,28)(H,24,27,29). The van der Waals surface area contributed by atoms with E-state index in [0.29, 0.717) is 55.6 Å². The molecule has 0 aliphatic heterocycles. The number of nitrogens with one attached hydrogen (secondary N) is 2. The average molecular weight is 519 g/mol. The average Bonchev–Trinajstić information content (AvgIpc) is 3.62. The molecule has 3 heterocycles. The third-order valence-electron chi connectivity index (χ3n) is 5.21. The van der Waals surface area contributed by atoms with Crippen LogP contribution in [0.25, 0.3) is 11.3 Å². The van der Waals surface area contributed by atoms with E-state index in [1.54, 1.807) is 37.0 Å². The molecule has 0 saturated heterocycles. The van der Waals surface area contributed by atoms with Crippen LogP contribution in [0.3, 0.4) is 0 Å². The number of carbonyl (C=O) groups is 1. The van der Waals surface area contributed by atoms with Crippen molar-refractivity contribution in [2.24, 2.45) is 0 Å². The molecular weight excluding hydrogens is 492 g/mol. The number of sulfonamides is 1. The third kappa shape index (κ3) is 6.50. The van der Waals surface area contributed by atoms with Crippen molar-refractivity contribution in [2.75, 3.05) is 30.4 Å². The van der Waals surface area contributed by atoms with Gasteiger partial charge in [0.1, 0.15) is 5.82 Å². The lowest BCUT2D eigenvalue weighted by Crippen LogP contribution is -2.23. The molecule has 11 nitrogen and oxygen atoms in total. The van der Waals surface area contributed by atoms with Gasteiger partial charge in [-0.2, -0.15) is 0 Å². The number of aromatic nitrogens is 4. The van der Waals surface area contributed by atoms with Gasteiger partial charge in [-0.1, -0.05) is 0 Å². The van der Waals surface area contributed by atoms with Crippen LogP contribution < -0.4 is 14.8 Å². The van der Waals surface area contributed by atoms with E-state index < -0.39 is 15.9 Å². The molecule has 1 aliphatic rings. The summed E-state index contributed by atoms with van der Waals surface area (Å²) in [5, 5.41) is 4.38. The highest BCUT2D eigenvalue weighted by molar-refractivity contribution is 7.93. The molecule has 186 valence electrons. The number of methoxy groups -OCH3 is 1. The number of hydrogen-bond acceptors (Lipinski definition) is 10. The van der Waals surface area contributed by atoms with Gasteiger partial charge in [0.2, 0.25) is 21.8 Å². The number of anilines is 2. The van der Waals surface area contributed by atoms with E-state index >= 15 is 0 Å². The number of hydrogen-bond donors (Lipinski definition) is 2. The Balaban J connectivity index is 1.45. The number of carbonyl (C=O) groups excluding carboxylic acids is 1. The highest BCUT2D eigenvalue weighted by Gasteiger charge is 2.36. The Morgan fingerprint density at radius 3 is 2.74 bits per heavy atom. The summed E-state index contributed by atoms with van der Waals surface area (Å²) in [4.78, 5) is 30.3. The van der Waals surface area contributed by atoms with Gasteiger partial charge in [-0.05, 0) is 38.3 Å². The molecule has 1 unspecified atom stereocenters. The Morgan fingerprint density at radius 2 is 2.06 bits per heavy atom. The van der Waals surface area contributed by atoms with Crippen molar-refractivity contribution in [3.8, 4) is 17.1 Å². The topological polar surface area (TPSA) is 145 Å². The Bertz CT molecular complexity index is 1260. The molecule has 1 saturated carbocycles. The van der Waals surface area contributed by atoms with Gasteiger partial charge in [-0.3, -0.25) is 14.5 Å². The second-order valence-corrected chi connectivity index (χ2v) is 10.7. The molecule has 0 aromatic carbocycles. The fraction of sp³-hybridized carbons (Fsp3) is 0.409. The molecule has 3 aromatic heterocycles. The molecule has 13 heteroatoms. The van der Waals surface area contributed by atoms with Gasteiger partial charge in [0.15, 0.2) is 5.13 Å². The number of nitrogens with zero attached hydrogens (tertiary/aromatic N) is 4. The summed E-state index contributed by atoms with van der Waals surface area (Å²) < 4.78 is 37.5. The minimum atomic E-state index is -3.43. The molecule has 3 aromatic rings. The first-order chi connectivity index (χ1) is 16.9. The molecule has 0 radical (unpaired) electrons. The van der Waals surface area contributed by atoms with Gasteiger partial charge >= 0.3 is 0 Å². The Labute approximate surface area is 207 Å². The van der Waals surface area contributed by atoms with Crippen LogP contribution in [0, 0.1) is 0 Å². The highest BCUT2D eigenvalue weighted by Crippen LogP contribution is 2.32. The molecule has 1 fully saturated rings. The lowest BCUT2D eigenvalue weighted by atomic mass is 10.0. The van der Waals surface area contributed by atoms with Crippen LogP contribution in [0.4, 0.5) is 10.9 Å². The van der Waals surface area contributed by atoms with Crippen molar-refractivity contribution in [3.63, 3.8) is 0 Å². The van der Waals surface area contributed by atoms with Crippen LogP contribution in [-0.4, -0.2) is 59.8 Å².